The molecule has 84 valence electrons. The normalized spacial score (nSPS) is 10.6. The second-order valence-electron chi connectivity index (χ2n) is 3.01. The highest BCUT2D eigenvalue weighted by Gasteiger charge is 2.11. The molecule has 0 aliphatic carbocycles. The summed E-state index contributed by atoms with van der Waals surface area (Å²) in [4.78, 5) is 25.5. The van der Waals surface area contributed by atoms with Crippen LogP contribution in [0.4, 0.5) is 0 Å². The molecule has 2 aromatic heterocycles. The predicted molar refractivity (Wildman–Crippen MR) is 58.9 cm³/mol. The van der Waals surface area contributed by atoms with Crippen LogP contribution in [-0.4, -0.2) is 33.9 Å². The fourth-order valence-corrected chi connectivity index (χ4v) is 1.67. The van der Waals surface area contributed by atoms with Gasteiger partial charge in [-0.3, -0.25) is 9.78 Å². The Labute approximate surface area is 94.6 Å². The van der Waals surface area contributed by atoms with Gasteiger partial charge in [0.05, 0.1) is 12.7 Å². The third kappa shape index (κ3) is 1.69. The molecule has 6 nitrogen and oxygen atoms in total. The van der Waals surface area contributed by atoms with Crippen LogP contribution < -0.4 is 5.56 Å². The molecule has 0 unspecified atom stereocenters. The molecule has 0 amide bonds. The number of ether oxygens (including phenoxy) is 1. The van der Waals surface area contributed by atoms with Gasteiger partial charge in [0.2, 0.25) is 0 Å². The highest BCUT2D eigenvalue weighted by molar-refractivity contribution is 7.98. The molecule has 0 aliphatic heterocycles. The number of thioether (sulfide) groups is 1. The van der Waals surface area contributed by atoms with Crippen LogP contribution in [0.3, 0.4) is 0 Å². The maximum absolute atomic E-state index is 11.6. The van der Waals surface area contributed by atoms with E-state index in [4.69, 9.17) is 0 Å². The molecule has 7 heteroatoms. The lowest BCUT2D eigenvalue weighted by Crippen LogP contribution is -2.12. The smallest absolute Gasteiger partial charge is 0.339 e. The van der Waals surface area contributed by atoms with E-state index in [0.29, 0.717) is 16.2 Å². The molecule has 16 heavy (non-hydrogen) atoms. The number of aromatic nitrogens is 3. The van der Waals surface area contributed by atoms with E-state index in [9.17, 15) is 9.59 Å². The Morgan fingerprint density at radius 3 is 3.00 bits per heavy atom. The molecule has 0 aromatic carbocycles. The van der Waals surface area contributed by atoms with Crippen molar-refractivity contribution in [3.63, 3.8) is 0 Å². The zero-order chi connectivity index (χ0) is 11.7. The van der Waals surface area contributed by atoms with Gasteiger partial charge >= 0.3 is 5.97 Å². The Kier molecular flexibility index (Phi) is 2.69. The summed E-state index contributed by atoms with van der Waals surface area (Å²) in [5.41, 5.74) is 0.339. The number of nitrogens with zero attached hydrogens (tertiary/aromatic N) is 2. The highest BCUT2D eigenvalue weighted by Crippen LogP contribution is 2.09. The average molecular weight is 239 g/mol. The summed E-state index contributed by atoms with van der Waals surface area (Å²) in [5, 5.41) is 4.60. The van der Waals surface area contributed by atoms with Gasteiger partial charge in [-0.2, -0.15) is 0 Å². The maximum Gasteiger partial charge on any atom is 0.339 e. The first-order valence-corrected chi connectivity index (χ1v) is 5.63. The van der Waals surface area contributed by atoms with Crippen LogP contribution in [0.5, 0.6) is 0 Å². The lowest BCUT2D eigenvalue weighted by atomic mass is 10.3. The average Bonchev–Trinajstić information content (AvgIpc) is 2.72. The molecule has 0 spiro atoms. The number of nitrogens with one attached hydrogen (secondary N) is 1. The number of rotatable bonds is 2. The van der Waals surface area contributed by atoms with E-state index in [0.717, 1.165) is 0 Å². The van der Waals surface area contributed by atoms with Crippen LogP contribution in [0, 0.1) is 0 Å². The zero-order valence-corrected chi connectivity index (χ0v) is 9.50. The van der Waals surface area contributed by atoms with E-state index in [1.807, 2.05) is 0 Å². The second-order valence-corrected chi connectivity index (χ2v) is 3.81. The Hall–Kier alpha value is -1.76. The van der Waals surface area contributed by atoms with Crippen molar-refractivity contribution >= 4 is 23.2 Å². The van der Waals surface area contributed by atoms with Crippen molar-refractivity contribution in [2.45, 2.75) is 5.16 Å². The first-order chi connectivity index (χ1) is 7.65. The number of esters is 1. The monoisotopic (exact) mass is 239 g/mol. The lowest BCUT2D eigenvalue weighted by Gasteiger charge is -1.96. The molecule has 1 N–H and O–H groups in total. The van der Waals surface area contributed by atoms with Gasteiger partial charge in [0.15, 0.2) is 5.16 Å². The molecule has 2 rings (SSSR count). The number of aromatic amines is 1. The summed E-state index contributed by atoms with van der Waals surface area (Å²) in [7, 11) is 1.29. The van der Waals surface area contributed by atoms with E-state index >= 15 is 0 Å². The fourth-order valence-electron chi connectivity index (χ4n) is 1.31. The SMILES string of the molecule is COC(=O)c1cc2c(=O)[nH]c(SC)nn2c1. The fraction of sp³-hybridized carbons (Fsp3) is 0.222. The minimum Gasteiger partial charge on any atom is -0.465 e. The Morgan fingerprint density at radius 1 is 1.62 bits per heavy atom. The molecule has 0 bridgehead atoms. The van der Waals surface area contributed by atoms with Crippen molar-refractivity contribution in [3.8, 4) is 0 Å². The molecule has 0 fully saturated rings. The molecule has 0 saturated heterocycles. The van der Waals surface area contributed by atoms with Crippen LogP contribution >= 0.6 is 11.8 Å². The van der Waals surface area contributed by atoms with Crippen LogP contribution in [0.15, 0.2) is 22.2 Å². The van der Waals surface area contributed by atoms with Gasteiger partial charge in [-0.05, 0) is 12.3 Å². The van der Waals surface area contributed by atoms with E-state index in [1.54, 1.807) is 6.26 Å². The minimum atomic E-state index is -0.490. The quantitative estimate of drug-likeness (QED) is 0.611. The van der Waals surface area contributed by atoms with E-state index in [2.05, 4.69) is 14.8 Å². The van der Waals surface area contributed by atoms with Gasteiger partial charge in [0, 0.05) is 6.20 Å². The molecule has 0 aliphatic rings. The number of hydrogen-bond acceptors (Lipinski definition) is 5. The molecular weight excluding hydrogens is 230 g/mol. The second kappa shape index (κ2) is 4.01. The first-order valence-electron chi connectivity index (χ1n) is 4.40. The maximum atomic E-state index is 11.6. The predicted octanol–water partition coefficient (Wildman–Crippen LogP) is 0.531. The largest absolute Gasteiger partial charge is 0.465 e. The van der Waals surface area contributed by atoms with E-state index < -0.39 is 5.97 Å². The standard InChI is InChI=1S/C9H9N3O3S/c1-15-8(14)5-3-6-7(13)10-9(16-2)11-12(6)4-5/h3-4H,1-2H3,(H,10,11,13). The summed E-state index contributed by atoms with van der Waals surface area (Å²) < 4.78 is 5.94. The third-order valence-electron chi connectivity index (χ3n) is 2.07. The van der Waals surface area contributed by atoms with E-state index in [-0.39, 0.29) is 5.56 Å². The van der Waals surface area contributed by atoms with Crippen molar-refractivity contribution in [1.29, 1.82) is 0 Å². The zero-order valence-electron chi connectivity index (χ0n) is 8.68. The summed E-state index contributed by atoms with van der Waals surface area (Å²) in [6.45, 7) is 0. The number of carbonyl (C=O) groups is 1. The van der Waals surface area contributed by atoms with Crippen molar-refractivity contribution in [2.24, 2.45) is 0 Å². The third-order valence-corrected chi connectivity index (χ3v) is 2.64. The summed E-state index contributed by atoms with van der Waals surface area (Å²) in [6.07, 6.45) is 3.27. The lowest BCUT2D eigenvalue weighted by molar-refractivity contribution is 0.0601. The molecule has 0 saturated carbocycles. The van der Waals surface area contributed by atoms with Crippen molar-refractivity contribution in [1.82, 2.24) is 14.6 Å². The highest BCUT2D eigenvalue weighted by atomic mass is 32.2. The van der Waals surface area contributed by atoms with Crippen LogP contribution in [0.25, 0.3) is 5.52 Å². The van der Waals surface area contributed by atoms with Crippen LogP contribution in [0.2, 0.25) is 0 Å². The number of carbonyl (C=O) groups excluding carboxylic acids is 1. The summed E-state index contributed by atoms with van der Waals surface area (Å²) in [5.74, 6) is -0.490. The van der Waals surface area contributed by atoms with Crippen molar-refractivity contribution in [3.05, 3.63) is 28.2 Å². The Balaban J connectivity index is 2.66. The van der Waals surface area contributed by atoms with Gasteiger partial charge in [-0.25, -0.2) is 9.31 Å². The van der Waals surface area contributed by atoms with Crippen molar-refractivity contribution in [2.75, 3.05) is 13.4 Å². The minimum absolute atomic E-state index is 0.283. The molecule has 2 heterocycles. The molecular formula is C9H9N3O3S. The molecule has 2 aromatic rings. The first kappa shape index (κ1) is 10.7. The number of H-pyrrole nitrogens is 1. The molecule has 0 radical (unpaired) electrons. The van der Waals surface area contributed by atoms with Crippen molar-refractivity contribution < 1.29 is 9.53 Å². The summed E-state index contributed by atoms with van der Waals surface area (Å²) in [6, 6.07) is 1.45. The van der Waals surface area contributed by atoms with E-state index in [1.165, 1.54) is 35.7 Å². The van der Waals surface area contributed by atoms with Gasteiger partial charge < -0.3 is 4.74 Å². The van der Waals surface area contributed by atoms with Gasteiger partial charge in [-0.15, -0.1) is 5.10 Å². The number of fused-ring (bicyclic) bond motifs is 1. The molecule has 0 atom stereocenters. The van der Waals surface area contributed by atoms with Gasteiger partial charge in [-0.1, -0.05) is 11.8 Å². The van der Waals surface area contributed by atoms with Crippen LogP contribution in [0.1, 0.15) is 10.4 Å². The van der Waals surface area contributed by atoms with Crippen LogP contribution in [-0.2, 0) is 4.74 Å². The van der Waals surface area contributed by atoms with Gasteiger partial charge in [0.25, 0.3) is 5.56 Å². The number of methoxy groups -OCH3 is 1. The Bertz CT molecular complexity index is 602. The van der Waals surface area contributed by atoms with Gasteiger partial charge in [0.1, 0.15) is 5.52 Å². The summed E-state index contributed by atoms with van der Waals surface area (Å²) >= 11 is 1.32. The Morgan fingerprint density at radius 2 is 2.38 bits per heavy atom. The number of hydrogen-bond donors (Lipinski definition) is 1. The topological polar surface area (TPSA) is 76.5 Å².